The molecule has 23 heavy (non-hydrogen) atoms. The van der Waals surface area contributed by atoms with Crippen molar-refractivity contribution in [1.82, 2.24) is 5.32 Å². The monoisotopic (exact) mass is 311 g/mol. The molecule has 0 spiro atoms. The van der Waals surface area contributed by atoms with E-state index in [9.17, 15) is 4.79 Å². The van der Waals surface area contributed by atoms with E-state index in [4.69, 9.17) is 4.74 Å². The van der Waals surface area contributed by atoms with E-state index in [-0.39, 0.29) is 5.91 Å². The second kappa shape index (κ2) is 9.67. The summed E-state index contributed by atoms with van der Waals surface area (Å²) >= 11 is 0. The zero-order valence-corrected chi connectivity index (χ0v) is 13.8. The molecule has 0 aliphatic rings. The first kappa shape index (κ1) is 17.1. The van der Waals surface area contributed by atoms with Crippen LogP contribution in [0.15, 0.2) is 54.6 Å². The van der Waals surface area contributed by atoms with E-state index < -0.39 is 0 Å². The fourth-order valence-corrected chi connectivity index (χ4v) is 2.30. The zero-order valence-electron chi connectivity index (χ0n) is 13.8. The summed E-state index contributed by atoms with van der Waals surface area (Å²) in [6.07, 6.45) is 4.76. The summed E-state index contributed by atoms with van der Waals surface area (Å²) < 4.78 is 5.68. The molecule has 0 aliphatic carbocycles. The van der Waals surface area contributed by atoms with Crippen molar-refractivity contribution in [2.45, 2.75) is 39.2 Å². The van der Waals surface area contributed by atoms with E-state index in [0.717, 1.165) is 24.3 Å². The minimum absolute atomic E-state index is 0.0663. The van der Waals surface area contributed by atoms with Gasteiger partial charge in [-0.3, -0.25) is 4.79 Å². The third-order valence-corrected chi connectivity index (χ3v) is 3.68. The Morgan fingerprint density at radius 1 is 0.957 bits per heavy atom. The van der Waals surface area contributed by atoms with Gasteiger partial charge in [0.15, 0.2) is 0 Å². The lowest BCUT2D eigenvalue weighted by Gasteiger charge is -2.08. The van der Waals surface area contributed by atoms with Gasteiger partial charge in [-0.05, 0) is 36.2 Å². The number of benzene rings is 2. The van der Waals surface area contributed by atoms with Crippen molar-refractivity contribution < 1.29 is 9.53 Å². The second-order valence-corrected chi connectivity index (χ2v) is 5.60. The minimum Gasteiger partial charge on any atom is -0.494 e. The molecule has 0 saturated carbocycles. The number of ether oxygens (including phenoxy) is 1. The average Bonchev–Trinajstić information content (AvgIpc) is 2.61. The zero-order chi connectivity index (χ0) is 16.3. The molecule has 0 atom stereocenters. The van der Waals surface area contributed by atoms with Crippen molar-refractivity contribution in [1.29, 1.82) is 0 Å². The van der Waals surface area contributed by atoms with Crippen molar-refractivity contribution in [3.05, 3.63) is 65.7 Å². The highest BCUT2D eigenvalue weighted by atomic mass is 16.5. The average molecular weight is 311 g/mol. The third kappa shape index (κ3) is 6.15. The molecule has 1 N–H and O–H groups in total. The number of carbonyl (C=O) groups is 1. The molecule has 3 heteroatoms. The van der Waals surface area contributed by atoms with E-state index in [1.165, 1.54) is 19.3 Å². The summed E-state index contributed by atoms with van der Waals surface area (Å²) in [5.74, 6) is 0.754. The number of hydrogen-bond acceptors (Lipinski definition) is 2. The Hall–Kier alpha value is -2.29. The number of amides is 1. The van der Waals surface area contributed by atoms with Crippen molar-refractivity contribution in [3.8, 4) is 5.75 Å². The van der Waals surface area contributed by atoms with Crippen LogP contribution in [0.1, 0.15) is 48.5 Å². The number of unbranched alkanes of at least 4 members (excludes halogenated alkanes) is 3. The highest BCUT2D eigenvalue weighted by molar-refractivity contribution is 5.94. The third-order valence-electron chi connectivity index (χ3n) is 3.68. The van der Waals surface area contributed by atoms with Gasteiger partial charge in [0.2, 0.25) is 0 Å². The lowest BCUT2D eigenvalue weighted by molar-refractivity contribution is 0.0951. The Morgan fingerprint density at radius 3 is 2.39 bits per heavy atom. The molecule has 2 aromatic carbocycles. The fourth-order valence-electron chi connectivity index (χ4n) is 2.30. The molecule has 0 aromatic heterocycles. The van der Waals surface area contributed by atoms with Gasteiger partial charge < -0.3 is 10.1 Å². The molecule has 0 saturated heterocycles. The van der Waals surface area contributed by atoms with Crippen molar-refractivity contribution in [2.75, 3.05) is 6.61 Å². The van der Waals surface area contributed by atoms with E-state index in [2.05, 4.69) is 12.2 Å². The van der Waals surface area contributed by atoms with Crippen LogP contribution >= 0.6 is 0 Å². The van der Waals surface area contributed by atoms with Crippen LogP contribution in [-0.4, -0.2) is 12.5 Å². The molecule has 0 radical (unpaired) electrons. The van der Waals surface area contributed by atoms with Crippen molar-refractivity contribution in [2.24, 2.45) is 0 Å². The summed E-state index contributed by atoms with van der Waals surface area (Å²) in [5, 5.41) is 2.92. The largest absolute Gasteiger partial charge is 0.494 e. The van der Waals surface area contributed by atoms with Gasteiger partial charge in [0.05, 0.1) is 6.61 Å². The van der Waals surface area contributed by atoms with Crippen LogP contribution in [0.3, 0.4) is 0 Å². The number of nitrogens with one attached hydrogen (secondary N) is 1. The molecule has 2 rings (SSSR count). The van der Waals surface area contributed by atoms with Crippen LogP contribution in [0.2, 0.25) is 0 Å². The summed E-state index contributed by atoms with van der Waals surface area (Å²) in [6, 6.07) is 17.2. The Bertz CT molecular complexity index is 578. The first-order valence-corrected chi connectivity index (χ1v) is 8.34. The molecular weight excluding hydrogens is 286 g/mol. The normalized spacial score (nSPS) is 10.3. The molecule has 0 fully saturated rings. The first-order valence-electron chi connectivity index (χ1n) is 8.34. The lowest BCUT2D eigenvalue weighted by Crippen LogP contribution is -2.22. The van der Waals surface area contributed by atoms with E-state index in [1.807, 2.05) is 54.6 Å². The predicted molar refractivity (Wildman–Crippen MR) is 93.7 cm³/mol. The number of carbonyl (C=O) groups excluding carboxylic acids is 1. The van der Waals surface area contributed by atoms with Gasteiger partial charge in [-0.1, -0.05) is 56.5 Å². The standard InChI is InChI=1S/C20H25NO2/c1-2-3-4-8-15-23-19-13-11-18(12-14-19)20(22)21-16-17-9-6-5-7-10-17/h5-7,9-14H,2-4,8,15-16H2,1H3,(H,21,22). The first-order chi connectivity index (χ1) is 11.3. The Labute approximate surface area is 138 Å². The Balaban J connectivity index is 1.76. The lowest BCUT2D eigenvalue weighted by atomic mass is 10.2. The molecule has 0 aliphatic heterocycles. The molecule has 3 nitrogen and oxygen atoms in total. The molecule has 0 bridgehead atoms. The van der Waals surface area contributed by atoms with Gasteiger partial charge >= 0.3 is 0 Å². The predicted octanol–water partition coefficient (Wildman–Crippen LogP) is 4.58. The van der Waals surface area contributed by atoms with Gasteiger partial charge in [-0.15, -0.1) is 0 Å². The topological polar surface area (TPSA) is 38.3 Å². The van der Waals surface area contributed by atoms with E-state index in [1.54, 1.807) is 0 Å². The molecule has 0 unspecified atom stereocenters. The summed E-state index contributed by atoms with van der Waals surface area (Å²) in [5.41, 5.74) is 1.74. The van der Waals surface area contributed by atoms with Crippen LogP contribution < -0.4 is 10.1 Å². The van der Waals surface area contributed by atoms with Crippen LogP contribution in [0.25, 0.3) is 0 Å². The van der Waals surface area contributed by atoms with Gasteiger partial charge in [0.25, 0.3) is 5.91 Å². The second-order valence-electron chi connectivity index (χ2n) is 5.60. The Morgan fingerprint density at radius 2 is 1.70 bits per heavy atom. The molecule has 2 aromatic rings. The minimum atomic E-state index is -0.0663. The van der Waals surface area contributed by atoms with Gasteiger partial charge in [0.1, 0.15) is 5.75 Å². The highest BCUT2D eigenvalue weighted by Gasteiger charge is 2.05. The maximum absolute atomic E-state index is 12.1. The number of hydrogen-bond donors (Lipinski definition) is 1. The maximum Gasteiger partial charge on any atom is 0.251 e. The molecular formula is C20H25NO2. The maximum atomic E-state index is 12.1. The van der Waals surface area contributed by atoms with Gasteiger partial charge in [-0.2, -0.15) is 0 Å². The summed E-state index contributed by atoms with van der Waals surface area (Å²) in [7, 11) is 0. The molecule has 122 valence electrons. The smallest absolute Gasteiger partial charge is 0.251 e. The van der Waals surface area contributed by atoms with Gasteiger partial charge in [-0.25, -0.2) is 0 Å². The van der Waals surface area contributed by atoms with E-state index >= 15 is 0 Å². The number of rotatable bonds is 9. The highest BCUT2D eigenvalue weighted by Crippen LogP contribution is 2.13. The van der Waals surface area contributed by atoms with Gasteiger partial charge in [0, 0.05) is 12.1 Å². The quantitative estimate of drug-likeness (QED) is 0.689. The fraction of sp³-hybridized carbons (Fsp3) is 0.350. The van der Waals surface area contributed by atoms with E-state index in [0.29, 0.717) is 12.1 Å². The Kier molecular flexibility index (Phi) is 7.18. The SMILES string of the molecule is CCCCCCOc1ccc(C(=O)NCc2ccccc2)cc1. The summed E-state index contributed by atoms with van der Waals surface area (Å²) in [4.78, 5) is 12.1. The van der Waals surface area contributed by atoms with Crippen molar-refractivity contribution >= 4 is 5.91 Å². The van der Waals surface area contributed by atoms with Crippen LogP contribution in [0.5, 0.6) is 5.75 Å². The van der Waals surface area contributed by atoms with Crippen LogP contribution in [0.4, 0.5) is 0 Å². The molecule has 0 heterocycles. The van der Waals surface area contributed by atoms with Crippen molar-refractivity contribution in [3.63, 3.8) is 0 Å². The van der Waals surface area contributed by atoms with Crippen LogP contribution in [0, 0.1) is 0 Å². The van der Waals surface area contributed by atoms with Crippen LogP contribution in [-0.2, 0) is 6.54 Å². The summed E-state index contributed by atoms with van der Waals surface area (Å²) in [6.45, 7) is 3.47. The molecule has 1 amide bonds.